The molecule has 26 heavy (non-hydrogen) atoms. The van der Waals surface area contributed by atoms with Crippen molar-refractivity contribution in [2.75, 3.05) is 38.7 Å². The molecule has 136 valence electrons. The molecule has 8 nitrogen and oxygen atoms in total. The van der Waals surface area contributed by atoms with Crippen molar-refractivity contribution in [2.45, 2.75) is 6.54 Å². The smallest absolute Gasteiger partial charge is 0.279 e. The molecule has 0 unspecified atom stereocenters. The van der Waals surface area contributed by atoms with Crippen molar-refractivity contribution in [2.24, 2.45) is 0 Å². The average Bonchev–Trinajstić information content (AvgIpc) is 3.28. The van der Waals surface area contributed by atoms with Crippen LogP contribution in [-0.4, -0.2) is 54.4 Å². The Morgan fingerprint density at radius 1 is 1.35 bits per heavy atom. The van der Waals surface area contributed by atoms with E-state index in [1.54, 1.807) is 13.2 Å². The number of aromatic nitrogens is 2. The lowest BCUT2D eigenvalue weighted by atomic mass is 10.3. The van der Waals surface area contributed by atoms with Gasteiger partial charge >= 0.3 is 0 Å². The molecule has 0 aliphatic carbocycles. The van der Waals surface area contributed by atoms with Gasteiger partial charge in [-0.05, 0) is 18.2 Å². The Hall–Kier alpha value is -2.49. The number of nitrogens with one attached hydrogen (secondary N) is 1. The first-order chi connectivity index (χ1) is 12.7. The van der Waals surface area contributed by atoms with Gasteiger partial charge in [0.2, 0.25) is 0 Å². The summed E-state index contributed by atoms with van der Waals surface area (Å²) in [7, 11) is 1.62. The molecule has 1 aromatic carbocycles. The maximum absolute atomic E-state index is 12.4. The summed E-state index contributed by atoms with van der Waals surface area (Å²) in [5, 5.41) is 7.15. The summed E-state index contributed by atoms with van der Waals surface area (Å²) >= 11 is 1.38. The molecule has 3 aromatic rings. The molecular weight excluding hydrogens is 356 g/mol. The largest absolute Gasteiger partial charge is 0.497 e. The number of benzene rings is 1. The van der Waals surface area contributed by atoms with Crippen molar-refractivity contribution < 1.29 is 18.8 Å². The van der Waals surface area contributed by atoms with E-state index in [9.17, 15) is 4.79 Å². The molecule has 0 bridgehead atoms. The Morgan fingerprint density at radius 2 is 2.19 bits per heavy atom. The van der Waals surface area contributed by atoms with Crippen LogP contribution in [0.1, 0.15) is 16.2 Å². The van der Waals surface area contributed by atoms with Crippen LogP contribution in [0.4, 0.5) is 5.13 Å². The molecule has 1 fully saturated rings. The van der Waals surface area contributed by atoms with E-state index in [4.69, 9.17) is 14.0 Å². The third-order valence-electron chi connectivity index (χ3n) is 4.09. The third kappa shape index (κ3) is 3.69. The lowest BCUT2D eigenvalue weighted by Gasteiger charge is -2.25. The SMILES string of the molecule is COc1ccc2nc(NC(=O)c3cc(CN4CCOCC4)on3)sc2c1. The monoisotopic (exact) mass is 374 g/mol. The first kappa shape index (κ1) is 17.0. The Balaban J connectivity index is 1.43. The molecule has 1 aliphatic rings. The Bertz CT molecular complexity index is 917. The first-order valence-electron chi connectivity index (χ1n) is 8.23. The Morgan fingerprint density at radius 3 is 3.00 bits per heavy atom. The summed E-state index contributed by atoms with van der Waals surface area (Å²) < 4.78 is 16.8. The van der Waals surface area contributed by atoms with E-state index >= 15 is 0 Å². The van der Waals surface area contributed by atoms with E-state index in [2.05, 4.69) is 20.4 Å². The fraction of sp³-hybridized carbons (Fsp3) is 0.353. The number of fused-ring (bicyclic) bond motifs is 1. The number of carbonyl (C=O) groups is 1. The predicted molar refractivity (Wildman–Crippen MR) is 96.7 cm³/mol. The number of hydrogen-bond acceptors (Lipinski definition) is 8. The van der Waals surface area contributed by atoms with E-state index in [1.165, 1.54) is 11.3 Å². The van der Waals surface area contributed by atoms with Gasteiger partial charge in [0, 0.05) is 19.2 Å². The molecule has 4 rings (SSSR count). The molecule has 2 aromatic heterocycles. The topological polar surface area (TPSA) is 89.7 Å². The van der Waals surface area contributed by atoms with Gasteiger partial charge in [0.25, 0.3) is 5.91 Å². The van der Waals surface area contributed by atoms with Crippen molar-refractivity contribution in [3.63, 3.8) is 0 Å². The highest BCUT2D eigenvalue weighted by atomic mass is 32.1. The summed E-state index contributed by atoms with van der Waals surface area (Å²) in [5.74, 6) is 1.07. The highest BCUT2D eigenvalue weighted by molar-refractivity contribution is 7.22. The van der Waals surface area contributed by atoms with Gasteiger partial charge in [-0.1, -0.05) is 16.5 Å². The molecule has 9 heteroatoms. The number of methoxy groups -OCH3 is 1. The number of hydrogen-bond donors (Lipinski definition) is 1. The fourth-order valence-electron chi connectivity index (χ4n) is 2.72. The van der Waals surface area contributed by atoms with Crippen LogP contribution in [0.15, 0.2) is 28.8 Å². The van der Waals surface area contributed by atoms with Crippen LogP contribution in [0.3, 0.4) is 0 Å². The molecule has 3 heterocycles. The molecular formula is C17H18N4O4S. The molecule has 0 spiro atoms. The van der Waals surface area contributed by atoms with Crippen LogP contribution in [0.5, 0.6) is 5.75 Å². The van der Waals surface area contributed by atoms with Crippen molar-refractivity contribution in [3.05, 3.63) is 35.7 Å². The third-order valence-corrected chi connectivity index (χ3v) is 5.02. The molecule has 1 aliphatic heterocycles. The molecule has 0 saturated carbocycles. The van der Waals surface area contributed by atoms with E-state index in [-0.39, 0.29) is 11.6 Å². The average molecular weight is 374 g/mol. The normalized spacial score (nSPS) is 15.3. The summed E-state index contributed by atoms with van der Waals surface area (Å²) in [6, 6.07) is 7.25. The van der Waals surface area contributed by atoms with Gasteiger partial charge in [-0.15, -0.1) is 0 Å². The summed E-state index contributed by atoms with van der Waals surface area (Å²) in [6.45, 7) is 3.73. The lowest BCUT2D eigenvalue weighted by molar-refractivity contribution is 0.0305. The summed E-state index contributed by atoms with van der Waals surface area (Å²) in [6.07, 6.45) is 0. The van der Waals surface area contributed by atoms with Crippen LogP contribution in [0, 0.1) is 0 Å². The molecule has 1 saturated heterocycles. The second kappa shape index (κ2) is 7.40. The number of anilines is 1. The molecule has 0 atom stereocenters. The standard InChI is InChI=1S/C17H18N4O4S/c1-23-11-2-3-13-15(9-11)26-17(18-13)19-16(22)14-8-12(25-20-14)10-21-4-6-24-7-5-21/h2-3,8-9H,4-7,10H2,1H3,(H,18,19,22). The number of thiazole rings is 1. The van der Waals surface area contributed by atoms with E-state index < -0.39 is 0 Å². The van der Waals surface area contributed by atoms with Crippen LogP contribution in [-0.2, 0) is 11.3 Å². The van der Waals surface area contributed by atoms with Crippen LogP contribution in [0.25, 0.3) is 10.2 Å². The van der Waals surface area contributed by atoms with Crippen LogP contribution in [0.2, 0.25) is 0 Å². The number of ether oxygens (including phenoxy) is 2. The zero-order chi connectivity index (χ0) is 17.9. The lowest BCUT2D eigenvalue weighted by Crippen LogP contribution is -2.35. The van der Waals surface area contributed by atoms with E-state index in [0.717, 1.165) is 29.1 Å². The minimum absolute atomic E-state index is 0.241. The van der Waals surface area contributed by atoms with E-state index in [1.807, 2.05) is 18.2 Å². The highest BCUT2D eigenvalue weighted by Crippen LogP contribution is 2.29. The maximum Gasteiger partial charge on any atom is 0.279 e. The van der Waals surface area contributed by atoms with E-state index in [0.29, 0.717) is 30.7 Å². The van der Waals surface area contributed by atoms with Gasteiger partial charge in [-0.2, -0.15) is 0 Å². The van der Waals surface area contributed by atoms with Gasteiger partial charge < -0.3 is 14.0 Å². The van der Waals surface area contributed by atoms with Gasteiger partial charge in [0.1, 0.15) is 5.75 Å². The minimum Gasteiger partial charge on any atom is -0.497 e. The molecule has 1 N–H and O–H groups in total. The molecule has 0 radical (unpaired) electrons. The zero-order valence-electron chi connectivity index (χ0n) is 14.2. The second-order valence-electron chi connectivity index (χ2n) is 5.87. The second-order valence-corrected chi connectivity index (χ2v) is 6.90. The molecule has 1 amide bonds. The van der Waals surface area contributed by atoms with Gasteiger partial charge in [0.05, 0.1) is 37.1 Å². The van der Waals surface area contributed by atoms with Gasteiger partial charge in [-0.25, -0.2) is 4.98 Å². The fourth-order valence-corrected chi connectivity index (χ4v) is 3.61. The van der Waals surface area contributed by atoms with Crippen molar-refractivity contribution in [1.29, 1.82) is 0 Å². The predicted octanol–water partition coefficient (Wildman–Crippen LogP) is 2.38. The van der Waals surface area contributed by atoms with Gasteiger partial charge in [-0.3, -0.25) is 15.0 Å². The van der Waals surface area contributed by atoms with Crippen molar-refractivity contribution in [1.82, 2.24) is 15.0 Å². The number of morpholine rings is 1. The summed E-state index contributed by atoms with van der Waals surface area (Å²) in [5.41, 5.74) is 1.05. The maximum atomic E-state index is 12.4. The van der Waals surface area contributed by atoms with Crippen molar-refractivity contribution >= 4 is 32.6 Å². The Labute approximate surface area is 153 Å². The zero-order valence-corrected chi connectivity index (χ0v) is 15.0. The van der Waals surface area contributed by atoms with Gasteiger partial charge in [0.15, 0.2) is 16.6 Å². The minimum atomic E-state index is -0.340. The summed E-state index contributed by atoms with van der Waals surface area (Å²) in [4.78, 5) is 19.0. The number of nitrogens with zero attached hydrogens (tertiary/aromatic N) is 3. The number of amides is 1. The number of rotatable bonds is 5. The number of carbonyl (C=O) groups excluding carboxylic acids is 1. The highest BCUT2D eigenvalue weighted by Gasteiger charge is 2.18. The van der Waals surface area contributed by atoms with Crippen LogP contribution >= 0.6 is 11.3 Å². The van der Waals surface area contributed by atoms with Crippen LogP contribution < -0.4 is 10.1 Å². The first-order valence-corrected chi connectivity index (χ1v) is 9.04. The quantitative estimate of drug-likeness (QED) is 0.733. The van der Waals surface area contributed by atoms with Crippen molar-refractivity contribution in [3.8, 4) is 5.75 Å². The Kier molecular flexibility index (Phi) is 4.83.